The second-order valence-electron chi connectivity index (χ2n) is 11.9. The number of carbonyl (C=O) groups is 2. The molecule has 0 aliphatic carbocycles. The molecule has 0 amide bonds. The molecule has 2 aliphatic rings. The molecule has 0 saturated carbocycles. The SMILES string of the molecule is Cc1c(C(=O)CN2CCCCC2)c[n+](Cc2cc(C(=O)CN3CCCCC3)nn2-c2ccc(F)cc2)n1-c1ccc(F)cc1. The molecular weight excluding hydrogens is 562 g/mol. The third-order valence-corrected chi connectivity index (χ3v) is 8.71. The molecule has 0 atom stereocenters. The molecule has 0 bridgehead atoms. The lowest BCUT2D eigenvalue weighted by Gasteiger charge is -2.25. The molecule has 230 valence electrons. The maximum Gasteiger partial charge on any atom is 0.214 e. The van der Waals surface area contributed by atoms with Gasteiger partial charge in [-0.15, -0.1) is 9.36 Å². The maximum atomic E-state index is 13.9. The second kappa shape index (κ2) is 13.3. The van der Waals surface area contributed by atoms with Crippen LogP contribution in [0.3, 0.4) is 0 Å². The summed E-state index contributed by atoms with van der Waals surface area (Å²) in [4.78, 5) is 31.4. The van der Waals surface area contributed by atoms with Gasteiger partial charge in [-0.05, 0) is 113 Å². The number of likely N-dealkylation sites (tertiary alicyclic amines) is 2. The number of carbonyl (C=O) groups excluding carboxylic acids is 2. The van der Waals surface area contributed by atoms with Crippen molar-refractivity contribution in [2.45, 2.75) is 52.0 Å². The number of nitrogens with zero attached hydrogens (tertiary/aromatic N) is 6. The van der Waals surface area contributed by atoms with Gasteiger partial charge < -0.3 is 0 Å². The Bertz CT molecular complexity index is 1610. The van der Waals surface area contributed by atoms with Gasteiger partial charge in [-0.1, -0.05) is 12.8 Å². The Morgan fingerprint density at radius 2 is 1.27 bits per heavy atom. The van der Waals surface area contributed by atoms with Crippen LogP contribution in [0, 0.1) is 18.6 Å². The third kappa shape index (κ3) is 6.71. The van der Waals surface area contributed by atoms with Crippen molar-refractivity contribution in [1.82, 2.24) is 24.3 Å². The first-order valence-corrected chi connectivity index (χ1v) is 15.6. The van der Waals surface area contributed by atoms with E-state index >= 15 is 0 Å². The Labute approximate surface area is 256 Å². The lowest BCUT2D eigenvalue weighted by atomic mass is 10.1. The van der Waals surface area contributed by atoms with E-state index in [4.69, 9.17) is 5.10 Å². The highest BCUT2D eigenvalue weighted by Crippen LogP contribution is 2.20. The Hall–Kier alpha value is -4.02. The van der Waals surface area contributed by atoms with Gasteiger partial charge in [0.2, 0.25) is 12.7 Å². The average molecular weight is 602 g/mol. The van der Waals surface area contributed by atoms with Crippen LogP contribution in [0.5, 0.6) is 0 Å². The van der Waals surface area contributed by atoms with E-state index in [2.05, 4.69) is 9.80 Å². The molecule has 0 radical (unpaired) electrons. The fourth-order valence-electron chi connectivity index (χ4n) is 6.37. The van der Waals surface area contributed by atoms with E-state index in [0.29, 0.717) is 41.4 Å². The quantitative estimate of drug-likeness (QED) is 0.191. The van der Waals surface area contributed by atoms with Gasteiger partial charge in [0.15, 0.2) is 11.6 Å². The highest BCUT2D eigenvalue weighted by molar-refractivity contribution is 5.98. The molecule has 2 aromatic carbocycles. The summed E-state index contributed by atoms with van der Waals surface area (Å²) in [5.41, 5.74) is 3.70. The smallest absolute Gasteiger partial charge is 0.214 e. The molecule has 2 fully saturated rings. The molecule has 6 rings (SSSR count). The predicted octanol–water partition coefficient (Wildman–Crippen LogP) is 4.92. The minimum Gasteiger partial charge on any atom is -0.296 e. The van der Waals surface area contributed by atoms with Crippen LogP contribution in [0.15, 0.2) is 60.8 Å². The van der Waals surface area contributed by atoms with Crippen molar-refractivity contribution in [3.05, 3.63) is 95.1 Å². The zero-order chi connectivity index (χ0) is 30.6. The van der Waals surface area contributed by atoms with Crippen molar-refractivity contribution in [2.75, 3.05) is 39.3 Å². The van der Waals surface area contributed by atoms with Crippen LogP contribution in [0.4, 0.5) is 8.78 Å². The molecule has 0 spiro atoms. The van der Waals surface area contributed by atoms with E-state index in [-0.39, 0.29) is 29.7 Å². The standard InChI is InChI=1S/C34H39F2N6O2/c1-25-31(33(43)23-38-16-4-2-5-17-38)22-40(42(25)29-14-10-27(36)11-15-29)21-30-20-32(34(44)24-39-18-6-3-7-19-39)37-41(30)28-12-8-26(35)9-13-28/h8-15,20,22H,2-7,16-19,21,23-24H2,1H3/q+1. The Kier molecular flexibility index (Phi) is 9.09. The van der Waals surface area contributed by atoms with Crippen LogP contribution in [0.1, 0.15) is 70.8 Å². The number of ketones is 2. The number of benzene rings is 2. The predicted molar refractivity (Wildman–Crippen MR) is 163 cm³/mol. The summed E-state index contributed by atoms with van der Waals surface area (Å²) in [6, 6.07) is 13.9. The molecule has 2 aromatic heterocycles. The molecular formula is C34H39F2N6O2+. The number of aromatic nitrogens is 4. The second-order valence-corrected chi connectivity index (χ2v) is 11.9. The number of halogens is 2. The molecule has 8 nitrogen and oxygen atoms in total. The van der Waals surface area contributed by atoms with Crippen LogP contribution in [0.2, 0.25) is 0 Å². The zero-order valence-corrected chi connectivity index (χ0v) is 25.2. The van der Waals surface area contributed by atoms with Gasteiger partial charge in [0.05, 0.1) is 24.5 Å². The lowest BCUT2D eigenvalue weighted by molar-refractivity contribution is -0.760. The number of piperidine rings is 2. The number of hydrogen-bond donors (Lipinski definition) is 0. The fourth-order valence-corrected chi connectivity index (χ4v) is 6.37. The molecule has 4 aromatic rings. The van der Waals surface area contributed by atoms with Crippen LogP contribution in [-0.2, 0) is 6.54 Å². The van der Waals surface area contributed by atoms with Crippen molar-refractivity contribution < 1.29 is 23.1 Å². The van der Waals surface area contributed by atoms with Gasteiger partial charge in [-0.2, -0.15) is 5.10 Å². The average Bonchev–Trinajstić information content (AvgIpc) is 3.60. The Morgan fingerprint density at radius 3 is 1.84 bits per heavy atom. The van der Waals surface area contributed by atoms with E-state index in [9.17, 15) is 18.4 Å². The first-order chi connectivity index (χ1) is 21.4. The first-order valence-electron chi connectivity index (χ1n) is 15.6. The van der Waals surface area contributed by atoms with Crippen molar-refractivity contribution in [3.8, 4) is 11.4 Å². The van der Waals surface area contributed by atoms with Gasteiger partial charge in [-0.3, -0.25) is 19.4 Å². The lowest BCUT2D eigenvalue weighted by Crippen LogP contribution is -2.43. The van der Waals surface area contributed by atoms with Crippen LogP contribution < -0.4 is 4.68 Å². The molecule has 4 heterocycles. The summed E-state index contributed by atoms with van der Waals surface area (Å²) in [5.74, 6) is -0.751. The minimum absolute atomic E-state index is 0.0310. The van der Waals surface area contributed by atoms with Gasteiger partial charge in [0.1, 0.15) is 34.3 Å². The van der Waals surface area contributed by atoms with Crippen LogP contribution in [0.25, 0.3) is 11.4 Å². The third-order valence-electron chi connectivity index (χ3n) is 8.71. The molecule has 10 heteroatoms. The Morgan fingerprint density at radius 1 is 0.750 bits per heavy atom. The summed E-state index contributed by atoms with van der Waals surface area (Å²) in [6.45, 7) is 6.41. The normalized spacial score (nSPS) is 16.3. The van der Waals surface area contributed by atoms with Gasteiger partial charge in [0, 0.05) is 0 Å². The number of Topliss-reactive ketones (excluding diaryl/α,β-unsaturated/α-hetero) is 2. The topological polar surface area (TPSA) is 67.2 Å². The van der Waals surface area contributed by atoms with Crippen molar-refractivity contribution >= 4 is 11.6 Å². The largest absolute Gasteiger partial charge is 0.296 e. The van der Waals surface area contributed by atoms with Crippen molar-refractivity contribution in [3.63, 3.8) is 0 Å². The summed E-state index contributed by atoms with van der Waals surface area (Å²) in [7, 11) is 0. The van der Waals surface area contributed by atoms with E-state index < -0.39 is 0 Å². The van der Waals surface area contributed by atoms with Crippen LogP contribution >= 0.6 is 0 Å². The molecule has 2 saturated heterocycles. The van der Waals surface area contributed by atoms with E-state index in [1.165, 1.54) is 37.1 Å². The van der Waals surface area contributed by atoms with Gasteiger partial charge in [-0.25, -0.2) is 13.5 Å². The van der Waals surface area contributed by atoms with E-state index in [1.807, 2.05) is 22.5 Å². The fraction of sp³-hybridized carbons (Fsp3) is 0.412. The highest BCUT2D eigenvalue weighted by atomic mass is 19.1. The van der Waals surface area contributed by atoms with E-state index in [0.717, 1.165) is 57.6 Å². The van der Waals surface area contributed by atoms with Crippen molar-refractivity contribution in [1.29, 1.82) is 0 Å². The maximum absolute atomic E-state index is 13.9. The van der Waals surface area contributed by atoms with Gasteiger partial charge >= 0.3 is 0 Å². The molecule has 2 aliphatic heterocycles. The number of rotatable bonds is 10. The summed E-state index contributed by atoms with van der Waals surface area (Å²) < 4.78 is 33.2. The summed E-state index contributed by atoms with van der Waals surface area (Å²) >= 11 is 0. The van der Waals surface area contributed by atoms with Crippen LogP contribution in [-0.4, -0.2) is 75.1 Å². The van der Waals surface area contributed by atoms with Gasteiger partial charge in [0.25, 0.3) is 0 Å². The summed E-state index contributed by atoms with van der Waals surface area (Å²) in [6.07, 6.45) is 8.55. The number of hydrogen-bond acceptors (Lipinski definition) is 5. The van der Waals surface area contributed by atoms with E-state index in [1.54, 1.807) is 35.0 Å². The molecule has 44 heavy (non-hydrogen) atoms. The summed E-state index contributed by atoms with van der Waals surface area (Å²) in [5, 5.41) is 4.70. The zero-order valence-electron chi connectivity index (χ0n) is 25.2. The monoisotopic (exact) mass is 601 g/mol. The molecule has 0 N–H and O–H groups in total. The minimum atomic E-state index is -0.365. The Balaban J connectivity index is 1.38. The molecule has 0 unspecified atom stereocenters. The highest BCUT2D eigenvalue weighted by Gasteiger charge is 2.29. The first kappa shape index (κ1) is 30.0. The van der Waals surface area contributed by atoms with Crippen molar-refractivity contribution in [2.24, 2.45) is 0 Å².